The van der Waals surface area contributed by atoms with Crippen molar-refractivity contribution < 1.29 is 0 Å². The third-order valence-corrected chi connectivity index (χ3v) is 4.51. The summed E-state index contributed by atoms with van der Waals surface area (Å²) in [5.74, 6) is 0. The molecule has 24 heavy (non-hydrogen) atoms. The average molecular weight is 316 g/mol. The zero-order valence-corrected chi connectivity index (χ0v) is 13.5. The fraction of sp³-hybridized carbons (Fsp3) is 0.150. The zero-order chi connectivity index (χ0) is 16.5. The van der Waals surface area contributed by atoms with Crippen molar-refractivity contribution in [3.63, 3.8) is 0 Å². The highest BCUT2D eigenvalue weighted by Crippen LogP contribution is 2.29. The Bertz CT molecular complexity index is 888. The van der Waals surface area contributed by atoms with Gasteiger partial charge in [0.15, 0.2) is 0 Å². The smallest absolute Gasteiger partial charge is 0.138 e. The SMILES string of the molecule is C=CC(=C)N1CC(Nc2cnc3[nH]cc(-c4ccccc4)c3c2)C1. The van der Waals surface area contributed by atoms with E-state index in [1.807, 2.05) is 18.5 Å². The number of likely N-dealkylation sites (tertiary alicyclic amines) is 1. The minimum Gasteiger partial charge on any atom is -0.377 e. The van der Waals surface area contributed by atoms with Crippen molar-refractivity contribution in [3.05, 3.63) is 73.7 Å². The van der Waals surface area contributed by atoms with E-state index in [9.17, 15) is 0 Å². The Kier molecular flexibility index (Phi) is 3.58. The summed E-state index contributed by atoms with van der Waals surface area (Å²) in [6, 6.07) is 13.0. The summed E-state index contributed by atoms with van der Waals surface area (Å²) in [6.07, 6.45) is 5.71. The van der Waals surface area contributed by atoms with E-state index >= 15 is 0 Å². The first kappa shape index (κ1) is 14.6. The molecule has 4 nitrogen and oxygen atoms in total. The van der Waals surface area contributed by atoms with Crippen LogP contribution >= 0.6 is 0 Å². The lowest BCUT2D eigenvalue weighted by molar-refractivity contribution is 0.222. The van der Waals surface area contributed by atoms with Gasteiger partial charge in [-0.2, -0.15) is 0 Å². The molecule has 0 saturated carbocycles. The van der Waals surface area contributed by atoms with Crippen LogP contribution in [-0.4, -0.2) is 34.0 Å². The van der Waals surface area contributed by atoms with Gasteiger partial charge in [-0.25, -0.2) is 4.98 Å². The van der Waals surface area contributed by atoms with Crippen LogP contribution in [0.5, 0.6) is 0 Å². The van der Waals surface area contributed by atoms with Crippen molar-refractivity contribution in [1.82, 2.24) is 14.9 Å². The van der Waals surface area contributed by atoms with E-state index in [0.29, 0.717) is 6.04 Å². The normalized spacial score (nSPS) is 14.4. The molecule has 0 radical (unpaired) electrons. The van der Waals surface area contributed by atoms with Gasteiger partial charge in [-0.3, -0.25) is 0 Å². The standard InChI is InChI=1S/C20H20N4/c1-3-14(2)24-12-17(13-24)23-16-9-18-19(11-22-20(18)21-10-16)15-7-5-4-6-8-15/h3-11,17,23H,1-2,12-13H2,(H,21,22). The summed E-state index contributed by atoms with van der Waals surface area (Å²) in [7, 11) is 0. The van der Waals surface area contributed by atoms with Crippen LogP contribution in [0.2, 0.25) is 0 Å². The molecule has 0 atom stereocenters. The number of rotatable bonds is 5. The summed E-state index contributed by atoms with van der Waals surface area (Å²) in [4.78, 5) is 10.0. The van der Waals surface area contributed by atoms with Gasteiger partial charge < -0.3 is 15.2 Å². The highest BCUT2D eigenvalue weighted by atomic mass is 15.3. The molecule has 3 aromatic rings. The third-order valence-electron chi connectivity index (χ3n) is 4.51. The van der Waals surface area contributed by atoms with E-state index in [1.165, 1.54) is 11.1 Å². The number of benzene rings is 1. The molecular formula is C20H20N4. The fourth-order valence-electron chi connectivity index (χ4n) is 3.11. The number of hydrogen-bond donors (Lipinski definition) is 2. The molecule has 0 aliphatic carbocycles. The second-order valence-electron chi connectivity index (χ2n) is 6.13. The highest BCUT2D eigenvalue weighted by molar-refractivity contribution is 5.95. The van der Waals surface area contributed by atoms with Crippen LogP contribution in [0.1, 0.15) is 0 Å². The predicted octanol–water partition coefficient (Wildman–Crippen LogP) is 4.03. The van der Waals surface area contributed by atoms with Crippen molar-refractivity contribution >= 4 is 16.7 Å². The molecule has 0 bridgehead atoms. The van der Waals surface area contributed by atoms with Crippen LogP contribution < -0.4 is 5.32 Å². The topological polar surface area (TPSA) is 44.0 Å². The fourth-order valence-corrected chi connectivity index (χ4v) is 3.11. The maximum Gasteiger partial charge on any atom is 0.138 e. The van der Waals surface area contributed by atoms with E-state index in [0.717, 1.165) is 35.5 Å². The van der Waals surface area contributed by atoms with Crippen LogP contribution in [0.4, 0.5) is 5.69 Å². The zero-order valence-electron chi connectivity index (χ0n) is 13.5. The Hall–Kier alpha value is -3.01. The number of H-pyrrole nitrogens is 1. The van der Waals surface area contributed by atoms with Crippen LogP contribution in [0, 0.1) is 0 Å². The van der Waals surface area contributed by atoms with Crippen LogP contribution in [0.3, 0.4) is 0 Å². The molecule has 4 heteroatoms. The lowest BCUT2D eigenvalue weighted by Crippen LogP contribution is -2.53. The van der Waals surface area contributed by atoms with Crippen molar-refractivity contribution in [2.24, 2.45) is 0 Å². The number of nitrogens with zero attached hydrogens (tertiary/aromatic N) is 2. The second kappa shape index (κ2) is 5.89. The monoisotopic (exact) mass is 316 g/mol. The molecule has 1 fully saturated rings. The third kappa shape index (κ3) is 2.56. The molecule has 1 aromatic carbocycles. The summed E-state index contributed by atoms with van der Waals surface area (Å²) in [5.41, 5.74) is 5.32. The lowest BCUT2D eigenvalue weighted by atomic mass is 10.1. The number of hydrogen-bond acceptors (Lipinski definition) is 3. The van der Waals surface area contributed by atoms with Gasteiger partial charge in [0.05, 0.1) is 17.9 Å². The molecule has 1 saturated heterocycles. The number of aromatic amines is 1. The Balaban J connectivity index is 1.55. The number of pyridine rings is 1. The second-order valence-corrected chi connectivity index (χ2v) is 6.13. The largest absolute Gasteiger partial charge is 0.377 e. The Labute approximate surface area is 141 Å². The van der Waals surface area contributed by atoms with Crippen LogP contribution in [0.25, 0.3) is 22.2 Å². The average Bonchev–Trinajstić information content (AvgIpc) is 3.01. The van der Waals surface area contributed by atoms with E-state index < -0.39 is 0 Å². The summed E-state index contributed by atoms with van der Waals surface area (Å²) < 4.78 is 0. The number of nitrogens with one attached hydrogen (secondary N) is 2. The number of aromatic nitrogens is 2. The Morgan fingerprint density at radius 2 is 2.08 bits per heavy atom. The molecule has 3 heterocycles. The Morgan fingerprint density at radius 3 is 2.83 bits per heavy atom. The first-order valence-corrected chi connectivity index (χ1v) is 8.10. The number of anilines is 1. The highest BCUT2D eigenvalue weighted by Gasteiger charge is 2.26. The van der Waals surface area contributed by atoms with Gasteiger partial charge >= 0.3 is 0 Å². The van der Waals surface area contributed by atoms with Gasteiger partial charge in [-0.15, -0.1) is 0 Å². The van der Waals surface area contributed by atoms with Gasteiger partial charge in [0.25, 0.3) is 0 Å². The van der Waals surface area contributed by atoms with Gasteiger partial charge in [0.2, 0.25) is 0 Å². The van der Waals surface area contributed by atoms with E-state index in [4.69, 9.17) is 0 Å². The van der Waals surface area contributed by atoms with Crippen LogP contribution in [-0.2, 0) is 0 Å². The van der Waals surface area contributed by atoms with E-state index in [2.05, 4.69) is 63.7 Å². The molecular weight excluding hydrogens is 296 g/mol. The molecule has 0 amide bonds. The summed E-state index contributed by atoms with van der Waals surface area (Å²) >= 11 is 0. The maximum atomic E-state index is 4.54. The van der Waals surface area contributed by atoms with Gasteiger partial charge in [0, 0.05) is 35.9 Å². The maximum absolute atomic E-state index is 4.54. The first-order valence-electron chi connectivity index (χ1n) is 8.10. The lowest BCUT2D eigenvalue weighted by Gasteiger charge is -2.42. The first-order chi connectivity index (χ1) is 11.7. The molecule has 0 spiro atoms. The quantitative estimate of drug-likeness (QED) is 0.699. The summed E-state index contributed by atoms with van der Waals surface area (Å²) in [6.45, 7) is 9.64. The minimum atomic E-state index is 0.417. The molecule has 1 aliphatic heterocycles. The van der Waals surface area contributed by atoms with Gasteiger partial charge in [-0.05, 0) is 17.7 Å². The van der Waals surface area contributed by atoms with Crippen molar-refractivity contribution in [2.45, 2.75) is 6.04 Å². The van der Waals surface area contributed by atoms with Gasteiger partial charge in [0.1, 0.15) is 5.65 Å². The predicted molar refractivity (Wildman–Crippen MR) is 99.9 cm³/mol. The molecule has 2 N–H and O–H groups in total. The van der Waals surface area contributed by atoms with E-state index in [-0.39, 0.29) is 0 Å². The van der Waals surface area contributed by atoms with E-state index in [1.54, 1.807) is 6.08 Å². The Morgan fingerprint density at radius 1 is 1.29 bits per heavy atom. The molecule has 1 aliphatic rings. The van der Waals surface area contributed by atoms with Crippen molar-refractivity contribution in [2.75, 3.05) is 18.4 Å². The van der Waals surface area contributed by atoms with Crippen molar-refractivity contribution in [3.8, 4) is 11.1 Å². The van der Waals surface area contributed by atoms with Gasteiger partial charge in [-0.1, -0.05) is 43.5 Å². The number of allylic oxidation sites excluding steroid dienone is 1. The molecule has 0 unspecified atom stereocenters. The minimum absolute atomic E-state index is 0.417. The molecule has 4 rings (SSSR count). The van der Waals surface area contributed by atoms with Crippen LogP contribution in [0.15, 0.2) is 73.7 Å². The van der Waals surface area contributed by atoms with Crippen molar-refractivity contribution in [1.29, 1.82) is 0 Å². The molecule has 120 valence electrons. The summed E-state index contributed by atoms with van der Waals surface area (Å²) in [5, 5.41) is 4.69. The number of fused-ring (bicyclic) bond motifs is 1. The molecule has 2 aromatic heterocycles.